The smallest absolute Gasteiger partial charge is 0.253 e. The molecule has 0 aromatic carbocycles. The Morgan fingerprint density at radius 1 is 0.714 bits per heavy atom. The van der Waals surface area contributed by atoms with E-state index in [-0.39, 0.29) is 29.0 Å². The summed E-state index contributed by atoms with van der Waals surface area (Å²) in [7, 11) is 0. The number of carbonyl (C=O) groups is 2. The lowest BCUT2D eigenvalue weighted by Crippen LogP contribution is -2.58. The summed E-state index contributed by atoms with van der Waals surface area (Å²) in [5.41, 5.74) is 14.9. The van der Waals surface area contributed by atoms with Crippen LogP contribution in [0.2, 0.25) is 5.15 Å². The zero-order valence-electron chi connectivity index (χ0n) is 31.3. The van der Waals surface area contributed by atoms with Crippen molar-refractivity contribution in [3.8, 4) is 39.5 Å². The fourth-order valence-electron chi connectivity index (χ4n) is 10.2. The summed E-state index contributed by atoms with van der Waals surface area (Å²) >= 11 is 6.07. The molecule has 12 heteroatoms. The van der Waals surface area contributed by atoms with Crippen molar-refractivity contribution in [3.63, 3.8) is 0 Å². The van der Waals surface area contributed by atoms with Gasteiger partial charge in [-0.1, -0.05) is 11.6 Å². The third kappa shape index (κ3) is 5.68. The first-order valence-corrected chi connectivity index (χ1v) is 20.7. The van der Waals surface area contributed by atoms with Gasteiger partial charge in [-0.15, -0.1) is 0 Å². The van der Waals surface area contributed by atoms with E-state index in [0.717, 1.165) is 163 Å². The lowest BCUT2D eigenvalue weighted by atomic mass is 9.71. The molecule has 3 fully saturated rings. The molecule has 0 bridgehead atoms. The Labute approximate surface area is 329 Å². The SMILES string of the molecule is O=C1NC2(CCC2)Cc2[nH]c3c(c21)CCc1cnc(-c2cncc(OC4CCOCC4)c2)cc1-3.O=C1NC2(CCC2)Cc2[nH]c3c(c21)CCc1cnc(Cl)cc1-3. The highest BCUT2D eigenvalue weighted by molar-refractivity contribution is 6.29. The van der Waals surface area contributed by atoms with Gasteiger partial charge in [-0.3, -0.25) is 19.6 Å². The molecule has 3 aliphatic heterocycles. The van der Waals surface area contributed by atoms with E-state index in [9.17, 15) is 9.59 Å². The first-order valence-electron chi connectivity index (χ1n) is 20.3. The number of pyridine rings is 3. The highest BCUT2D eigenvalue weighted by Gasteiger charge is 2.46. The van der Waals surface area contributed by atoms with E-state index in [1.165, 1.54) is 24.0 Å². The highest BCUT2D eigenvalue weighted by Crippen LogP contribution is 2.45. The van der Waals surface area contributed by atoms with Gasteiger partial charge in [-0.2, -0.15) is 0 Å². The summed E-state index contributed by atoms with van der Waals surface area (Å²) in [5, 5.41) is 7.08. The number of aromatic amines is 2. The second-order valence-corrected chi connectivity index (χ2v) is 17.3. The molecule has 4 aliphatic carbocycles. The Morgan fingerprint density at radius 2 is 1.30 bits per heavy atom. The summed E-state index contributed by atoms with van der Waals surface area (Å²) in [6, 6.07) is 6.07. The van der Waals surface area contributed by atoms with Crippen LogP contribution in [-0.2, 0) is 43.3 Å². The minimum atomic E-state index is -0.0274. The topological polar surface area (TPSA) is 147 Å². The molecule has 286 valence electrons. The number of rotatable bonds is 3. The van der Waals surface area contributed by atoms with E-state index in [2.05, 4.69) is 36.6 Å². The van der Waals surface area contributed by atoms with E-state index in [1.54, 1.807) is 6.20 Å². The number of hydrogen-bond donors (Lipinski definition) is 4. The molecule has 1 saturated heterocycles. The number of aryl methyl sites for hydroxylation is 2. The molecule has 4 N–H and O–H groups in total. The summed E-state index contributed by atoms with van der Waals surface area (Å²) in [6.07, 6.45) is 21.5. The molecule has 12 rings (SSSR count). The van der Waals surface area contributed by atoms with E-state index in [0.29, 0.717) is 5.15 Å². The molecule has 11 nitrogen and oxygen atoms in total. The van der Waals surface area contributed by atoms with Crippen LogP contribution in [0.4, 0.5) is 0 Å². The zero-order chi connectivity index (χ0) is 37.6. The van der Waals surface area contributed by atoms with Crippen LogP contribution in [0.15, 0.2) is 43.0 Å². The van der Waals surface area contributed by atoms with Gasteiger partial charge in [0.25, 0.3) is 11.8 Å². The minimum Gasteiger partial charge on any atom is -0.489 e. The minimum absolute atomic E-state index is 0.0102. The summed E-state index contributed by atoms with van der Waals surface area (Å²) in [4.78, 5) is 46.3. The van der Waals surface area contributed by atoms with Crippen molar-refractivity contribution in [2.24, 2.45) is 0 Å². The van der Waals surface area contributed by atoms with Gasteiger partial charge in [0.1, 0.15) is 17.0 Å². The Balaban J connectivity index is 0.000000142. The number of carbonyl (C=O) groups excluding carboxylic acids is 2. The van der Waals surface area contributed by atoms with Gasteiger partial charge < -0.3 is 30.1 Å². The van der Waals surface area contributed by atoms with Crippen molar-refractivity contribution in [1.29, 1.82) is 0 Å². The second kappa shape index (κ2) is 13.0. The number of nitrogens with zero attached hydrogens (tertiary/aromatic N) is 3. The lowest BCUT2D eigenvalue weighted by Gasteiger charge is -2.45. The Bertz CT molecular complexity index is 2440. The van der Waals surface area contributed by atoms with Gasteiger partial charge in [0, 0.05) is 83.4 Å². The van der Waals surface area contributed by atoms with E-state index < -0.39 is 0 Å². The van der Waals surface area contributed by atoms with Crippen LogP contribution in [0.1, 0.15) is 106 Å². The molecule has 56 heavy (non-hydrogen) atoms. The van der Waals surface area contributed by atoms with Crippen molar-refractivity contribution in [2.45, 2.75) is 107 Å². The van der Waals surface area contributed by atoms with Crippen LogP contribution >= 0.6 is 11.6 Å². The number of ether oxygens (including phenoxy) is 2. The fourth-order valence-corrected chi connectivity index (χ4v) is 10.4. The maximum Gasteiger partial charge on any atom is 0.253 e. The molecule has 0 radical (unpaired) electrons. The molecule has 0 unspecified atom stereocenters. The molecule has 2 spiro atoms. The third-order valence-electron chi connectivity index (χ3n) is 13.5. The standard InChI is InChI=1S/C27H28N4O3.C17H16ClN3O/c32-26-24-20-3-2-16-14-29-22(17-10-19(15-28-13-17)34-18-4-8-33-9-5-18)11-21(16)25(20)30-23(24)12-27(31-26)6-1-7-27;18-13-6-11-9(8-19-13)2-3-10-14-12(20-15(10)11)7-17(4-1-5-17)21-16(14)22/h10-11,13-15,18,30H,1-9,12H2,(H,31,32);6,8,20H,1-5,7H2,(H,21,22). The third-order valence-corrected chi connectivity index (χ3v) is 13.7. The normalized spacial score (nSPS) is 20.7. The maximum absolute atomic E-state index is 13.1. The molecular weight excluding hydrogens is 726 g/mol. The number of aromatic nitrogens is 5. The largest absolute Gasteiger partial charge is 0.489 e. The maximum atomic E-state index is 13.1. The predicted molar refractivity (Wildman–Crippen MR) is 211 cm³/mol. The average molecular weight is 770 g/mol. The monoisotopic (exact) mass is 769 g/mol. The summed E-state index contributed by atoms with van der Waals surface area (Å²) < 4.78 is 11.6. The van der Waals surface area contributed by atoms with Crippen LogP contribution in [0.25, 0.3) is 33.8 Å². The number of amides is 2. The second-order valence-electron chi connectivity index (χ2n) is 16.9. The van der Waals surface area contributed by atoms with Gasteiger partial charge in [-0.25, -0.2) is 4.98 Å². The molecule has 5 aromatic rings. The van der Waals surface area contributed by atoms with Crippen molar-refractivity contribution < 1.29 is 19.1 Å². The van der Waals surface area contributed by atoms with Crippen LogP contribution < -0.4 is 15.4 Å². The van der Waals surface area contributed by atoms with Crippen LogP contribution in [-0.4, -0.2) is 67.1 Å². The number of H-pyrrole nitrogens is 2. The van der Waals surface area contributed by atoms with Crippen LogP contribution in [0, 0.1) is 0 Å². The summed E-state index contributed by atoms with van der Waals surface area (Å²) in [6.45, 7) is 1.48. The van der Waals surface area contributed by atoms with Crippen molar-refractivity contribution in [1.82, 2.24) is 35.6 Å². The van der Waals surface area contributed by atoms with Gasteiger partial charge in [0.05, 0.1) is 47.6 Å². The summed E-state index contributed by atoms with van der Waals surface area (Å²) in [5.74, 6) is 0.961. The Hall–Kier alpha value is -5.00. The van der Waals surface area contributed by atoms with Gasteiger partial charge in [-0.05, 0) is 105 Å². The van der Waals surface area contributed by atoms with Gasteiger partial charge >= 0.3 is 0 Å². The first-order chi connectivity index (χ1) is 27.3. The van der Waals surface area contributed by atoms with Crippen molar-refractivity contribution in [3.05, 3.63) is 92.9 Å². The molecular formula is C44H44ClN7O4. The first kappa shape index (κ1) is 34.3. The highest BCUT2D eigenvalue weighted by atomic mass is 35.5. The predicted octanol–water partition coefficient (Wildman–Crippen LogP) is 7.04. The average Bonchev–Trinajstić information content (AvgIpc) is 3.77. The Morgan fingerprint density at radius 3 is 1.89 bits per heavy atom. The number of nitrogens with one attached hydrogen (secondary N) is 4. The molecule has 2 amide bonds. The van der Waals surface area contributed by atoms with Crippen molar-refractivity contribution in [2.75, 3.05) is 13.2 Å². The molecule has 2 saturated carbocycles. The van der Waals surface area contributed by atoms with Crippen LogP contribution in [0.5, 0.6) is 5.75 Å². The van der Waals surface area contributed by atoms with Gasteiger partial charge in [0.15, 0.2) is 0 Å². The van der Waals surface area contributed by atoms with E-state index in [1.807, 2.05) is 30.7 Å². The van der Waals surface area contributed by atoms with Crippen molar-refractivity contribution >= 4 is 23.4 Å². The van der Waals surface area contributed by atoms with E-state index in [4.69, 9.17) is 26.1 Å². The fraction of sp³-hybridized carbons (Fsp3) is 0.432. The number of halogens is 1. The molecule has 0 atom stereocenters. The number of fused-ring (bicyclic) bond motifs is 10. The van der Waals surface area contributed by atoms with Crippen LogP contribution in [0.3, 0.4) is 0 Å². The molecule has 7 aliphatic rings. The molecule has 8 heterocycles. The van der Waals surface area contributed by atoms with Gasteiger partial charge in [0.2, 0.25) is 0 Å². The zero-order valence-corrected chi connectivity index (χ0v) is 32.0. The Kier molecular flexibility index (Phi) is 7.97. The lowest BCUT2D eigenvalue weighted by molar-refractivity contribution is 0.0254. The van der Waals surface area contributed by atoms with E-state index >= 15 is 0 Å². The quantitative estimate of drug-likeness (QED) is 0.144. The molecule has 5 aromatic heterocycles. The number of hydrogen-bond acceptors (Lipinski definition) is 7.